The summed E-state index contributed by atoms with van der Waals surface area (Å²) in [6.45, 7) is 0. The van der Waals surface area contributed by atoms with Crippen molar-refractivity contribution in [2.45, 2.75) is 0 Å². The van der Waals surface area contributed by atoms with E-state index in [1.807, 2.05) is 0 Å². The van der Waals surface area contributed by atoms with Crippen LogP contribution in [0.2, 0.25) is 0 Å². The molecule has 73 valence electrons. The number of rotatable bonds is 2. The first-order valence-corrected chi connectivity index (χ1v) is 5.28. The van der Waals surface area contributed by atoms with Crippen LogP contribution in [0.15, 0.2) is 0 Å². The Kier molecular flexibility index (Phi) is 23.8. The number of alkyl halides is 2. The Labute approximate surface area is 90.4 Å². The predicted molar refractivity (Wildman–Crippen MR) is 35.7 cm³/mol. The van der Waals surface area contributed by atoms with E-state index in [0.29, 0.717) is 0 Å². The van der Waals surface area contributed by atoms with Gasteiger partial charge in [-0.3, -0.25) is 4.31 Å². The molecule has 0 N–H and O–H groups in total. The van der Waals surface area contributed by atoms with Crippen LogP contribution in [-0.2, 0) is 35.8 Å². The van der Waals surface area contributed by atoms with Gasteiger partial charge in [-0.25, -0.2) is 0 Å². The molecule has 5 nitrogen and oxygen atoms in total. The fourth-order valence-corrected chi connectivity index (χ4v) is 0.612. The first-order chi connectivity index (χ1) is 4.54. The van der Waals surface area contributed by atoms with Gasteiger partial charge in [-0.1, -0.05) is 0 Å². The van der Waals surface area contributed by atoms with Gasteiger partial charge in [0.25, 0.3) is 0 Å². The summed E-state index contributed by atoms with van der Waals surface area (Å²) in [6.07, 6.45) is 0. The topological polar surface area (TPSA) is 89.5 Å². The summed E-state index contributed by atoms with van der Waals surface area (Å²) in [5.74, 6) is 0. The van der Waals surface area contributed by atoms with Crippen molar-refractivity contribution in [1.82, 2.24) is 0 Å². The molecule has 0 heterocycles. The van der Waals surface area contributed by atoms with E-state index in [2.05, 4.69) is 4.31 Å². The van der Waals surface area contributed by atoms with E-state index in [0.717, 1.165) is 0 Å². The molecule has 0 aromatic heterocycles. The third-order valence-electron chi connectivity index (χ3n) is 0.167. The molecule has 0 aliphatic rings. The van der Waals surface area contributed by atoms with Crippen LogP contribution in [0.1, 0.15) is 0 Å². The van der Waals surface area contributed by atoms with Crippen molar-refractivity contribution in [3.05, 3.63) is 0 Å². The van der Waals surface area contributed by atoms with Gasteiger partial charge in [-0.05, 0) is 0 Å². The van der Waals surface area contributed by atoms with Gasteiger partial charge in [-0.2, -0.15) is 0 Å². The van der Waals surface area contributed by atoms with Crippen LogP contribution >= 0.6 is 39.7 Å². The van der Waals surface area contributed by atoms with Crippen LogP contribution in [0, 0.1) is 0 Å². The van der Waals surface area contributed by atoms with E-state index in [1.54, 1.807) is 0 Å². The van der Waals surface area contributed by atoms with Crippen LogP contribution in [0.3, 0.4) is 0 Å². The molecule has 11 heavy (non-hydrogen) atoms. The fraction of sp³-hybridized carbons (Fsp3) is 1.00. The van der Waals surface area contributed by atoms with Crippen molar-refractivity contribution in [2.75, 3.05) is 5.34 Å². The van der Waals surface area contributed by atoms with Gasteiger partial charge in [0.05, 0.1) is 5.34 Å². The monoisotopic (exact) mass is 335 g/mol. The maximum absolute atomic E-state index is 9.29. The standard InChI is InChI=1S/CH2Cl2.Ag.H4O5P2/c2-1-3;;1-6(2)5-7(3)4/h1H2;;6-7H,(H,1,2)(H,3,4)/q;+2;/p-2. The number of halogens is 2. The fourth-order valence-electron chi connectivity index (χ4n) is 0.0680. The van der Waals surface area contributed by atoms with E-state index in [4.69, 9.17) is 23.2 Å². The van der Waals surface area contributed by atoms with Gasteiger partial charge in [0.15, 0.2) is 0 Å². The van der Waals surface area contributed by atoms with Crippen LogP contribution in [0.4, 0.5) is 0 Å². The minimum Gasteiger partial charge on any atom is -0.781 e. The summed E-state index contributed by atoms with van der Waals surface area (Å²) in [5, 5.41) is 0.194. The maximum Gasteiger partial charge on any atom is 2.00 e. The van der Waals surface area contributed by atoms with Gasteiger partial charge in [-0.15, -0.1) is 23.2 Å². The minimum atomic E-state index is -3.51. The van der Waals surface area contributed by atoms with Gasteiger partial charge in [0, 0.05) is 0 Å². The third-order valence-corrected chi connectivity index (χ3v) is 1.50. The molecule has 0 fully saturated rings. The second-order valence-corrected chi connectivity index (χ2v) is 3.33. The SMILES string of the molecule is ClCCl.O=[PH]([O-])O[PH](=O)[O-].[Ag+2]. The van der Waals surface area contributed by atoms with Crippen molar-refractivity contribution >= 4 is 39.7 Å². The minimum absolute atomic E-state index is 0. The molecule has 0 amide bonds. The maximum atomic E-state index is 9.29. The van der Waals surface area contributed by atoms with Crippen LogP contribution in [0.25, 0.3) is 0 Å². The molecule has 0 aliphatic carbocycles. The van der Waals surface area contributed by atoms with Crippen molar-refractivity contribution < 1.29 is 45.6 Å². The first kappa shape index (κ1) is 18.4. The molecule has 2 unspecified atom stereocenters. The zero-order valence-corrected chi connectivity index (χ0v) is 9.80. The first-order valence-electron chi connectivity index (χ1n) is 1.76. The largest absolute Gasteiger partial charge is 2.00 e. The Morgan fingerprint density at radius 2 is 1.36 bits per heavy atom. The molecule has 0 aromatic carbocycles. The Bertz CT molecular complexity index is 109. The van der Waals surface area contributed by atoms with E-state index in [-0.39, 0.29) is 27.7 Å². The molecule has 2 atom stereocenters. The molecule has 0 saturated carbocycles. The van der Waals surface area contributed by atoms with Crippen molar-refractivity contribution in [3.8, 4) is 0 Å². The van der Waals surface area contributed by atoms with Crippen LogP contribution < -0.4 is 9.79 Å². The molecule has 0 bridgehead atoms. The second-order valence-electron chi connectivity index (χ2n) is 0.703. The van der Waals surface area contributed by atoms with E-state index in [9.17, 15) is 18.9 Å². The number of hydrogen-bond donors (Lipinski definition) is 0. The molecular formula is CH4AgCl2O5P2. The molecular weight excluding hydrogens is 333 g/mol. The Morgan fingerprint density at radius 1 is 1.18 bits per heavy atom. The molecule has 0 rings (SSSR count). The van der Waals surface area contributed by atoms with Gasteiger partial charge < -0.3 is 18.9 Å². The van der Waals surface area contributed by atoms with Crippen molar-refractivity contribution in [1.29, 1.82) is 0 Å². The molecule has 0 spiro atoms. The smallest absolute Gasteiger partial charge is 0.781 e. The second kappa shape index (κ2) is 14.2. The zero-order valence-electron chi connectivity index (χ0n) is 4.81. The van der Waals surface area contributed by atoms with Crippen LogP contribution in [-0.4, -0.2) is 5.34 Å². The van der Waals surface area contributed by atoms with Gasteiger partial charge in [0.2, 0.25) is 0 Å². The van der Waals surface area contributed by atoms with Crippen molar-refractivity contribution in [2.24, 2.45) is 0 Å². The summed E-state index contributed by atoms with van der Waals surface area (Å²) in [6, 6.07) is 0. The summed E-state index contributed by atoms with van der Waals surface area (Å²) in [7, 11) is -7.03. The third kappa shape index (κ3) is 34.0. The Balaban J connectivity index is -0.000000140. The predicted octanol–water partition coefficient (Wildman–Crippen LogP) is -0.0780. The number of hydrogen-bond acceptors (Lipinski definition) is 5. The molecule has 10 heteroatoms. The quantitative estimate of drug-likeness (QED) is 0.400. The average molecular weight is 337 g/mol. The van der Waals surface area contributed by atoms with Crippen LogP contribution in [0.5, 0.6) is 0 Å². The molecule has 0 aliphatic heterocycles. The van der Waals surface area contributed by atoms with E-state index >= 15 is 0 Å². The summed E-state index contributed by atoms with van der Waals surface area (Å²) in [4.78, 5) is 18.6. The summed E-state index contributed by atoms with van der Waals surface area (Å²) in [5.41, 5.74) is 0. The van der Waals surface area contributed by atoms with E-state index < -0.39 is 16.5 Å². The summed E-state index contributed by atoms with van der Waals surface area (Å²) >= 11 is 9.53. The Hall–Kier alpha value is 1.66. The molecule has 0 saturated heterocycles. The normalized spacial score (nSPS) is 13.5. The van der Waals surface area contributed by atoms with Crippen molar-refractivity contribution in [3.63, 3.8) is 0 Å². The van der Waals surface area contributed by atoms with E-state index in [1.165, 1.54) is 0 Å². The molecule has 1 radical (unpaired) electrons. The van der Waals surface area contributed by atoms with Gasteiger partial charge >= 0.3 is 22.4 Å². The average Bonchev–Trinajstić information content (AvgIpc) is 1.62. The Morgan fingerprint density at radius 3 is 1.36 bits per heavy atom. The van der Waals surface area contributed by atoms with Gasteiger partial charge in [0.1, 0.15) is 16.5 Å². The molecule has 0 aromatic rings. The summed E-state index contributed by atoms with van der Waals surface area (Å²) < 4.78 is 21.8. The zero-order chi connectivity index (χ0) is 8.57.